The van der Waals surface area contributed by atoms with Crippen molar-refractivity contribution in [1.29, 1.82) is 5.26 Å². The number of pyridine rings is 2. The highest BCUT2D eigenvalue weighted by Crippen LogP contribution is 2.28. The summed E-state index contributed by atoms with van der Waals surface area (Å²) >= 11 is 0. The van der Waals surface area contributed by atoms with Crippen LogP contribution in [0.5, 0.6) is 0 Å². The van der Waals surface area contributed by atoms with E-state index in [0.29, 0.717) is 44.0 Å². The molecule has 1 atom stereocenters. The number of amides is 2. The number of fused-ring (bicyclic) bond motifs is 1. The van der Waals surface area contributed by atoms with Crippen LogP contribution in [0.2, 0.25) is 0 Å². The first-order valence-electron chi connectivity index (χ1n) is 12.0. The molecule has 1 fully saturated rings. The fourth-order valence-corrected chi connectivity index (χ4v) is 4.47. The summed E-state index contributed by atoms with van der Waals surface area (Å²) in [4.78, 5) is 41.1. The number of hydrogen-bond donors (Lipinski definition) is 1. The summed E-state index contributed by atoms with van der Waals surface area (Å²) < 4.78 is 5.48. The van der Waals surface area contributed by atoms with E-state index in [1.807, 2.05) is 51.1 Å². The van der Waals surface area contributed by atoms with Crippen molar-refractivity contribution in [2.75, 3.05) is 26.2 Å². The van der Waals surface area contributed by atoms with Crippen LogP contribution in [0.15, 0.2) is 42.6 Å². The lowest BCUT2D eigenvalue weighted by Crippen LogP contribution is -2.35. The van der Waals surface area contributed by atoms with Gasteiger partial charge >= 0.3 is 6.09 Å². The van der Waals surface area contributed by atoms with E-state index in [1.54, 1.807) is 22.1 Å². The molecule has 3 aromatic heterocycles. The Morgan fingerprint density at radius 1 is 1.22 bits per heavy atom. The minimum Gasteiger partial charge on any atom is -0.444 e. The molecule has 1 unspecified atom stereocenters. The van der Waals surface area contributed by atoms with E-state index in [0.717, 1.165) is 27.9 Å². The van der Waals surface area contributed by atoms with E-state index in [4.69, 9.17) is 10.00 Å². The van der Waals surface area contributed by atoms with Gasteiger partial charge in [0.15, 0.2) is 0 Å². The monoisotopic (exact) mass is 484 g/mol. The van der Waals surface area contributed by atoms with Gasteiger partial charge in [-0.15, -0.1) is 0 Å². The van der Waals surface area contributed by atoms with E-state index >= 15 is 0 Å². The second-order valence-electron chi connectivity index (χ2n) is 10.2. The molecule has 36 heavy (non-hydrogen) atoms. The lowest BCUT2D eigenvalue weighted by molar-refractivity contribution is 0.0306. The van der Waals surface area contributed by atoms with Crippen molar-refractivity contribution in [3.8, 4) is 17.3 Å². The Labute approximate surface area is 209 Å². The zero-order valence-corrected chi connectivity index (χ0v) is 20.6. The maximum atomic E-state index is 12.9. The predicted octanol–water partition coefficient (Wildman–Crippen LogP) is 4.24. The molecule has 2 aliphatic heterocycles. The summed E-state index contributed by atoms with van der Waals surface area (Å²) in [7, 11) is 0. The number of H-pyrrole nitrogens is 1. The molecule has 1 saturated heterocycles. The normalized spacial score (nSPS) is 17.8. The topological polar surface area (TPSA) is 115 Å². The third-order valence-corrected chi connectivity index (χ3v) is 6.31. The largest absolute Gasteiger partial charge is 0.444 e. The second kappa shape index (κ2) is 9.11. The first-order chi connectivity index (χ1) is 17.2. The molecule has 0 aromatic carbocycles. The van der Waals surface area contributed by atoms with Crippen LogP contribution in [-0.4, -0.2) is 68.5 Å². The maximum Gasteiger partial charge on any atom is 0.410 e. The van der Waals surface area contributed by atoms with Gasteiger partial charge in [-0.2, -0.15) is 5.26 Å². The molecule has 3 aromatic rings. The molecule has 184 valence electrons. The Hall–Kier alpha value is -4.19. The zero-order valence-electron chi connectivity index (χ0n) is 20.6. The van der Waals surface area contributed by atoms with Gasteiger partial charge in [-0.3, -0.25) is 4.79 Å². The van der Waals surface area contributed by atoms with Crippen molar-refractivity contribution in [1.82, 2.24) is 24.8 Å². The Bertz CT molecular complexity index is 1410. The van der Waals surface area contributed by atoms with Crippen LogP contribution in [0, 0.1) is 17.2 Å². The number of ether oxygens (including phenoxy) is 1. The number of carbonyl (C=O) groups excluding carboxylic acids is 2. The second-order valence-corrected chi connectivity index (χ2v) is 10.2. The maximum absolute atomic E-state index is 12.9. The number of nitrogens with zero attached hydrogens (tertiary/aromatic N) is 5. The fourth-order valence-electron chi connectivity index (χ4n) is 4.47. The van der Waals surface area contributed by atoms with Crippen molar-refractivity contribution in [3.05, 3.63) is 54.0 Å². The minimum atomic E-state index is -0.537. The molecule has 0 radical (unpaired) electrons. The highest BCUT2D eigenvalue weighted by molar-refractivity contribution is 5.93. The molecule has 5 heterocycles. The number of aromatic amines is 1. The molecular formula is C27H28N6O3. The quantitative estimate of drug-likeness (QED) is 0.594. The Kier molecular flexibility index (Phi) is 5.96. The molecule has 1 N–H and O–H groups in total. The van der Waals surface area contributed by atoms with Crippen molar-refractivity contribution in [2.24, 2.45) is 5.92 Å². The third-order valence-electron chi connectivity index (χ3n) is 6.31. The summed E-state index contributed by atoms with van der Waals surface area (Å²) in [6.07, 6.45) is 4.12. The molecule has 0 bridgehead atoms. The van der Waals surface area contributed by atoms with Crippen molar-refractivity contribution in [3.63, 3.8) is 0 Å². The molecule has 2 aliphatic rings. The van der Waals surface area contributed by atoms with Gasteiger partial charge in [0.2, 0.25) is 0 Å². The van der Waals surface area contributed by atoms with Crippen LogP contribution in [0.25, 0.3) is 27.9 Å². The Morgan fingerprint density at radius 2 is 2.06 bits per heavy atom. The standard InChI is InChI=1S/C27H28N6O3/c1-27(2,3)36-26(35)33-10-8-18(16-33)23-12-19-11-20(14-29-24(19)31-23)21-5-4-6-22(30-21)25(34)32-9-7-17(13-28)15-32/h4-6,8,11-12,14,17H,7,9-10,15-16H2,1-3H3,(H,29,31). The molecule has 2 amide bonds. The molecule has 9 heteroatoms. The van der Waals surface area contributed by atoms with Crippen LogP contribution in [-0.2, 0) is 4.74 Å². The number of nitrogens with one attached hydrogen (secondary N) is 1. The van der Waals surface area contributed by atoms with Gasteiger partial charge < -0.3 is 19.5 Å². The van der Waals surface area contributed by atoms with Crippen LogP contribution in [0.1, 0.15) is 43.4 Å². The van der Waals surface area contributed by atoms with Gasteiger partial charge in [0.05, 0.1) is 24.2 Å². The van der Waals surface area contributed by atoms with Gasteiger partial charge in [0.25, 0.3) is 5.91 Å². The van der Waals surface area contributed by atoms with Crippen LogP contribution < -0.4 is 0 Å². The number of aromatic nitrogens is 3. The summed E-state index contributed by atoms with van der Waals surface area (Å²) in [5.41, 5.74) is 3.92. The smallest absolute Gasteiger partial charge is 0.410 e. The van der Waals surface area contributed by atoms with Crippen molar-refractivity contribution < 1.29 is 14.3 Å². The van der Waals surface area contributed by atoms with Crippen molar-refractivity contribution >= 4 is 28.6 Å². The van der Waals surface area contributed by atoms with Gasteiger partial charge in [-0.1, -0.05) is 12.1 Å². The van der Waals surface area contributed by atoms with E-state index < -0.39 is 5.60 Å². The van der Waals surface area contributed by atoms with Gasteiger partial charge in [-0.25, -0.2) is 14.8 Å². The molecule has 0 aliphatic carbocycles. The highest BCUT2D eigenvalue weighted by Gasteiger charge is 2.28. The van der Waals surface area contributed by atoms with Gasteiger partial charge in [0.1, 0.15) is 16.9 Å². The zero-order chi connectivity index (χ0) is 25.4. The Morgan fingerprint density at radius 3 is 2.81 bits per heavy atom. The van der Waals surface area contributed by atoms with Crippen LogP contribution in [0.3, 0.4) is 0 Å². The lowest BCUT2D eigenvalue weighted by Gasteiger charge is -2.24. The average molecular weight is 485 g/mol. The summed E-state index contributed by atoms with van der Waals surface area (Å²) in [5.74, 6) is -0.270. The third kappa shape index (κ3) is 4.80. The summed E-state index contributed by atoms with van der Waals surface area (Å²) in [6.45, 7) is 7.54. The first-order valence-corrected chi connectivity index (χ1v) is 12.0. The molecule has 9 nitrogen and oxygen atoms in total. The Balaban J connectivity index is 1.33. The summed E-state index contributed by atoms with van der Waals surface area (Å²) in [5, 5.41) is 10.0. The predicted molar refractivity (Wildman–Crippen MR) is 135 cm³/mol. The van der Waals surface area contributed by atoms with Crippen LogP contribution >= 0.6 is 0 Å². The summed E-state index contributed by atoms with van der Waals surface area (Å²) in [6, 6.07) is 11.6. The van der Waals surface area contributed by atoms with Crippen LogP contribution in [0.4, 0.5) is 4.79 Å². The van der Waals surface area contributed by atoms with E-state index in [9.17, 15) is 9.59 Å². The van der Waals surface area contributed by atoms with Crippen molar-refractivity contribution in [2.45, 2.75) is 32.8 Å². The lowest BCUT2D eigenvalue weighted by atomic mass is 10.1. The fraction of sp³-hybridized carbons (Fsp3) is 0.370. The van der Waals surface area contributed by atoms with E-state index in [-0.39, 0.29) is 17.9 Å². The molecule has 0 spiro atoms. The van der Waals surface area contributed by atoms with Gasteiger partial charge in [-0.05, 0) is 57.0 Å². The number of rotatable bonds is 3. The first kappa shape index (κ1) is 23.5. The number of nitriles is 1. The number of likely N-dealkylation sites (tertiary alicyclic amines) is 1. The SMILES string of the molecule is CC(C)(C)OC(=O)N1CC=C(c2cc3cc(-c4cccc(C(=O)N5CCC(C#N)C5)n4)cnc3[nH]2)C1. The molecule has 5 rings (SSSR count). The van der Waals surface area contributed by atoms with Gasteiger partial charge in [0, 0.05) is 42.5 Å². The molecular weight excluding hydrogens is 456 g/mol. The average Bonchev–Trinajstić information content (AvgIpc) is 3.61. The van der Waals surface area contributed by atoms with E-state index in [1.165, 1.54) is 0 Å². The van der Waals surface area contributed by atoms with E-state index in [2.05, 4.69) is 21.0 Å². The minimum absolute atomic E-state index is 0.113. The molecule has 0 saturated carbocycles. The number of hydrogen-bond acceptors (Lipinski definition) is 6. The number of carbonyl (C=O) groups is 2. The highest BCUT2D eigenvalue weighted by atomic mass is 16.6.